The Balaban J connectivity index is 4.81. The fraction of sp³-hybridized carbons (Fsp3) is 0.500. The first-order chi connectivity index (χ1) is 5.00. The topological polar surface area (TPSA) is 0 Å². The van der Waals surface area contributed by atoms with E-state index >= 15 is 0 Å². The van der Waals surface area contributed by atoms with Crippen molar-refractivity contribution < 1.29 is 19.4 Å². The van der Waals surface area contributed by atoms with Crippen LogP contribution in [0.4, 0.5) is 0 Å². The molecule has 0 bridgehead atoms. The second-order valence-electron chi connectivity index (χ2n) is 2.68. The number of allylic oxidation sites excluding steroid dienone is 4. The summed E-state index contributed by atoms with van der Waals surface area (Å²) in [5.74, 6) is 0. The van der Waals surface area contributed by atoms with Gasteiger partial charge in [0.25, 0.3) is 0 Å². The molecule has 0 fully saturated rings. The molecule has 0 aromatic carbocycles. The Hall–Kier alpha value is 0.0383. The molecule has 0 rings (SSSR count). The molecule has 0 radical (unpaired) electrons. The van der Waals surface area contributed by atoms with Gasteiger partial charge in [0, 0.05) is 0 Å². The normalized spacial score (nSPS) is 14.5. The summed E-state index contributed by atoms with van der Waals surface area (Å²) >= 11 is 1.56. The molecule has 0 saturated heterocycles. The van der Waals surface area contributed by atoms with Crippen molar-refractivity contribution in [2.75, 3.05) is 0 Å². The number of hydrogen-bond donors (Lipinski definition) is 0. The molecule has 0 aliphatic rings. The van der Waals surface area contributed by atoms with Crippen molar-refractivity contribution in [2.45, 2.75) is 34.6 Å². The van der Waals surface area contributed by atoms with Gasteiger partial charge < -0.3 is 0 Å². The van der Waals surface area contributed by atoms with E-state index in [4.69, 9.17) is 0 Å². The van der Waals surface area contributed by atoms with Crippen LogP contribution in [0.3, 0.4) is 0 Å². The zero-order valence-electron chi connectivity index (χ0n) is 7.91. The first kappa shape index (κ1) is 11.0. The van der Waals surface area contributed by atoms with Crippen molar-refractivity contribution in [3.63, 3.8) is 0 Å². The van der Waals surface area contributed by atoms with Crippen LogP contribution in [-0.2, 0) is 19.4 Å². The molecule has 0 aliphatic heterocycles. The number of rotatable bonds is 2. The van der Waals surface area contributed by atoms with E-state index in [2.05, 4.69) is 33.8 Å². The Kier molecular flexibility index (Phi) is 4.84. The van der Waals surface area contributed by atoms with Gasteiger partial charge in [0.2, 0.25) is 0 Å². The van der Waals surface area contributed by atoms with E-state index in [0.717, 1.165) is 0 Å². The molecule has 0 saturated carbocycles. The maximum absolute atomic E-state index is 3.16. The van der Waals surface area contributed by atoms with E-state index in [-0.39, 0.29) is 0 Å². The zero-order valence-corrected chi connectivity index (χ0v) is 10.8. The van der Waals surface area contributed by atoms with Crippen LogP contribution in [0.25, 0.3) is 0 Å². The molecule has 11 heavy (non-hydrogen) atoms. The fourth-order valence-electron chi connectivity index (χ4n) is 0.733. The van der Waals surface area contributed by atoms with Gasteiger partial charge in [0.1, 0.15) is 0 Å². The van der Waals surface area contributed by atoms with Gasteiger partial charge in [0.05, 0.1) is 0 Å². The number of hydrogen-bond acceptors (Lipinski definition) is 0. The predicted molar refractivity (Wildman–Crippen MR) is 47.2 cm³/mol. The fourth-order valence-corrected chi connectivity index (χ4v) is 1.28. The first-order valence-corrected chi connectivity index (χ1v) is 5.17. The monoisotopic (exact) mass is 319 g/mol. The second-order valence-corrected chi connectivity index (χ2v) is 4.88. The van der Waals surface area contributed by atoms with Crippen LogP contribution in [-0.4, -0.2) is 3.90 Å². The minimum absolute atomic E-state index is 1.27. The molecule has 0 N–H and O–H groups in total. The summed E-state index contributed by atoms with van der Waals surface area (Å²) in [5, 5.41) is 0. The molecule has 0 unspecified atom stereocenters. The molecule has 0 spiro atoms. The summed E-state index contributed by atoms with van der Waals surface area (Å²) in [6.45, 7) is 10.6. The van der Waals surface area contributed by atoms with Crippen LogP contribution >= 0.6 is 0 Å². The third kappa shape index (κ3) is 3.29. The minimum atomic E-state index is 1.27. The van der Waals surface area contributed by atoms with E-state index in [1.807, 2.05) is 6.92 Å². The SMILES string of the molecule is C[C-]=C(C)/C(C)=C(/C)[C](C)=[W]. The zero-order chi connectivity index (χ0) is 9.02. The van der Waals surface area contributed by atoms with E-state index in [1.54, 1.807) is 19.4 Å². The van der Waals surface area contributed by atoms with Gasteiger partial charge in [-0.25, -0.2) is 0 Å². The Morgan fingerprint density at radius 3 is 1.73 bits per heavy atom. The molecule has 62 valence electrons. The standard InChI is InChI=1S/C10H15.W/c1-6-8(3)10(5)9(4)7-2;/h1-5H3;/q-1;/b10-8-;. The molecule has 0 aromatic heterocycles. The summed E-state index contributed by atoms with van der Waals surface area (Å²) in [5.41, 5.74) is 4.06. The van der Waals surface area contributed by atoms with E-state index in [9.17, 15) is 0 Å². The van der Waals surface area contributed by atoms with Crippen LogP contribution in [0, 0.1) is 6.08 Å². The molecular weight excluding hydrogens is 304 g/mol. The van der Waals surface area contributed by atoms with Gasteiger partial charge in [-0.2, -0.15) is 0 Å². The van der Waals surface area contributed by atoms with Crippen LogP contribution in [0.15, 0.2) is 16.7 Å². The summed E-state index contributed by atoms with van der Waals surface area (Å²) in [6, 6.07) is 0. The Bertz CT molecular complexity index is 219. The molecule has 0 aliphatic carbocycles. The van der Waals surface area contributed by atoms with Crippen molar-refractivity contribution in [3.05, 3.63) is 22.8 Å². The predicted octanol–water partition coefficient (Wildman–Crippen LogP) is 2.83. The van der Waals surface area contributed by atoms with Crippen molar-refractivity contribution >= 4 is 3.90 Å². The Morgan fingerprint density at radius 2 is 1.45 bits per heavy atom. The maximum atomic E-state index is 3.16. The molecule has 0 aromatic rings. The first-order valence-electron chi connectivity index (χ1n) is 3.70. The van der Waals surface area contributed by atoms with Crippen LogP contribution in [0.5, 0.6) is 0 Å². The molecule has 0 nitrogen and oxygen atoms in total. The van der Waals surface area contributed by atoms with Crippen molar-refractivity contribution in [3.8, 4) is 0 Å². The van der Waals surface area contributed by atoms with Gasteiger partial charge in [-0.05, 0) is 0 Å². The van der Waals surface area contributed by atoms with E-state index < -0.39 is 0 Å². The van der Waals surface area contributed by atoms with Gasteiger partial charge in [-0.3, -0.25) is 0 Å². The van der Waals surface area contributed by atoms with Crippen molar-refractivity contribution in [1.82, 2.24) is 0 Å². The summed E-state index contributed by atoms with van der Waals surface area (Å²) < 4.78 is 1.47. The average molecular weight is 319 g/mol. The third-order valence-electron chi connectivity index (χ3n) is 2.03. The van der Waals surface area contributed by atoms with Gasteiger partial charge in [0.15, 0.2) is 0 Å². The van der Waals surface area contributed by atoms with Crippen molar-refractivity contribution in [1.29, 1.82) is 0 Å². The summed E-state index contributed by atoms with van der Waals surface area (Å²) in [4.78, 5) is 0. The van der Waals surface area contributed by atoms with Crippen LogP contribution in [0.1, 0.15) is 34.6 Å². The van der Waals surface area contributed by atoms with Gasteiger partial charge >= 0.3 is 80.7 Å². The van der Waals surface area contributed by atoms with Gasteiger partial charge in [-0.15, -0.1) is 0 Å². The van der Waals surface area contributed by atoms with Crippen molar-refractivity contribution in [2.24, 2.45) is 0 Å². The Labute approximate surface area is 80.8 Å². The molecule has 0 amide bonds. The van der Waals surface area contributed by atoms with E-state index in [1.165, 1.54) is 20.6 Å². The van der Waals surface area contributed by atoms with Crippen LogP contribution in [0.2, 0.25) is 0 Å². The molecule has 0 heterocycles. The van der Waals surface area contributed by atoms with Crippen LogP contribution < -0.4 is 0 Å². The Morgan fingerprint density at radius 1 is 1.00 bits per heavy atom. The average Bonchev–Trinajstić information content (AvgIpc) is 2.00. The molecule has 1 heteroatoms. The quantitative estimate of drug-likeness (QED) is 0.542. The van der Waals surface area contributed by atoms with Gasteiger partial charge in [-0.1, -0.05) is 0 Å². The summed E-state index contributed by atoms with van der Waals surface area (Å²) in [6.07, 6.45) is 3.16. The summed E-state index contributed by atoms with van der Waals surface area (Å²) in [7, 11) is 0. The molecular formula is C10H15W-. The second kappa shape index (κ2) is 4.82. The van der Waals surface area contributed by atoms with E-state index in [0.29, 0.717) is 0 Å². The molecule has 0 atom stereocenters. The third-order valence-corrected chi connectivity index (χ3v) is 3.13.